The molecule has 2 aliphatic rings. The number of piperidine rings is 1. The molecular formula is C15H25NO3S. The Labute approximate surface area is 125 Å². The minimum Gasteiger partial charge on any atom is -0.466 e. The van der Waals surface area contributed by atoms with Crippen molar-refractivity contribution in [3.63, 3.8) is 0 Å². The molecule has 5 heteroatoms. The van der Waals surface area contributed by atoms with E-state index in [9.17, 15) is 9.59 Å². The van der Waals surface area contributed by atoms with Gasteiger partial charge >= 0.3 is 5.97 Å². The van der Waals surface area contributed by atoms with Crippen molar-refractivity contribution in [1.29, 1.82) is 0 Å². The summed E-state index contributed by atoms with van der Waals surface area (Å²) in [7, 11) is 0. The van der Waals surface area contributed by atoms with Crippen molar-refractivity contribution in [2.75, 3.05) is 31.2 Å². The Kier molecular flexibility index (Phi) is 6.20. The third-order valence-corrected chi connectivity index (χ3v) is 5.32. The van der Waals surface area contributed by atoms with E-state index in [1.54, 1.807) is 0 Å². The van der Waals surface area contributed by atoms with Crippen LogP contribution in [0.1, 0.15) is 39.0 Å². The van der Waals surface area contributed by atoms with Crippen LogP contribution in [-0.2, 0) is 14.3 Å². The molecule has 0 bridgehead atoms. The first-order valence-corrected chi connectivity index (χ1v) is 8.88. The number of carbonyl (C=O) groups excluding carboxylic acids is 2. The highest BCUT2D eigenvalue weighted by atomic mass is 32.2. The Morgan fingerprint density at radius 3 is 2.40 bits per heavy atom. The topological polar surface area (TPSA) is 46.6 Å². The Morgan fingerprint density at radius 1 is 1.15 bits per heavy atom. The fourth-order valence-electron chi connectivity index (χ4n) is 2.95. The molecule has 0 spiro atoms. The molecule has 0 saturated carbocycles. The maximum atomic E-state index is 12.3. The van der Waals surface area contributed by atoms with Gasteiger partial charge in [0.15, 0.2) is 0 Å². The lowest BCUT2D eigenvalue weighted by Gasteiger charge is -2.32. The maximum absolute atomic E-state index is 12.3. The predicted molar refractivity (Wildman–Crippen MR) is 80.6 cm³/mol. The molecule has 20 heavy (non-hydrogen) atoms. The monoisotopic (exact) mass is 299 g/mol. The summed E-state index contributed by atoms with van der Waals surface area (Å²) >= 11 is 1.99. The fraction of sp³-hybridized carbons (Fsp3) is 0.867. The van der Waals surface area contributed by atoms with Crippen LogP contribution in [0, 0.1) is 11.8 Å². The highest BCUT2D eigenvalue weighted by Crippen LogP contribution is 2.27. The summed E-state index contributed by atoms with van der Waals surface area (Å²) in [5.74, 6) is 3.15. The third-order valence-electron chi connectivity index (χ3n) is 4.27. The van der Waals surface area contributed by atoms with Crippen LogP contribution >= 0.6 is 11.8 Å². The van der Waals surface area contributed by atoms with E-state index in [4.69, 9.17) is 4.74 Å². The summed E-state index contributed by atoms with van der Waals surface area (Å²) in [4.78, 5) is 25.9. The van der Waals surface area contributed by atoms with Crippen LogP contribution in [0.3, 0.4) is 0 Å². The highest BCUT2D eigenvalue weighted by Gasteiger charge is 2.29. The molecule has 114 valence electrons. The molecule has 0 aromatic carbocycles. The number of esters is 1. The molecule has 4 nitrogen and oxygen atoms in total. The lowest BCUT2D eigenvalue weighted by molar-refractivity contribution is -0.151. The van der Waals surface area contributed by atoms with Crippen molar-refractivity contribution in [3.05, 3.63) is 0 Å². The average molecular weight is 299 g/mol. The predicted octanol–water partition coefficient (Wildman–Crippen LogP) is 2.32. The summed E-state index contributed by atoms with van der Waals surface area (Å²) in [5, 5.41) is 0. The van der Waals surface area contributed by atoms with Gasteiger partial charge in [-0.15, -0.1) is 0 Å². The molecule has 2 fully saturated rings. The van der Waals surface area contributed by atoms with Crippen LogP contribution in [0.15, 0.2) is 0 Å². The zero-order chi connectivity index (χ0) is 14.4. The first-order valence-electron chi connectivity index (χ1n) is 7.73. The van der Waals surface area contributed by atoms with Gasteiger partial charge in [-0.25, -0.2) is 0 Å². The summed E-state index contributed by atoms with van der Waals surface area (Å²) in [6.07, 6.45) is 4.56. The van der Waals surface area contributed by atoms with Gasteiger partial charge in [0.2, 0.25) is 5.91 Å². The van der Waals surface area contributed by atoms with Gasteiger partial charge in [-0.05, 0) is 50.0 Å². The van der Waals surface area contributed by atoms with E-state index >= 15 is 0 Å². The standard InChI is InChI=1S/C15H25NO3S/c1-2-19-15(18)13-3-7-16(8-4-13)14(17)11-12-5-9-20-10-6-12/h12-13H,2-11H2,1H3. The van der Waals surface area contributed by atoms with E-state index in [2.05, 4.69) is 0 Å². The van der Waals surface area contributed by atoms with Crippen LogP contribution < -0.4 is 0 Å². The zero-order valence-corrected chi connectivity index (χ0v) is 13.1. The second kappa shape index (κ2) is 7.91. The van der Waals surface area contributed by atoms with Crippen LogP contribution in [-0.4, -0.2) is 48.0 Å². The Balaban J connectivity index is 1.72. The largest absolute Gasteiger partial charge is 0.466 e. The smallest absolute Gasteiger partial charge is 0.309 e. The average Bonchev–Trinajstić information content (AvgIpc) is 2.48. The van der Waals surface area contributed by atoms with Gasteiger partial charge in [-0.2, -0.15) is 11.8 Å². The fourth-order valence-corrected chi connectivity index (χ4v) is 4.16. The van der Waals surface area contributed by atoms with Crippen molar-refractivity contribution in [1.82, 2.24) is 4.90 Å². The molecule has 0 atom stereocenters. The molecule has 0 unspecified atom stereocenters. The summed E-state index contributed by atoms with van der Waals surface area (Å²) in [6, 6.07) is 0. The number of hydrogen-bond acceptors (Lipinski definition) is 4. The summed E-state index contributed by atoms with van der Waals surface area (Å²) in [6.45, 7) is 3.70. The molecule has 2 aliphatic heterocycles. The number of thioether (sulfide) groups is 1. The molecular weight excluding hydrogens is 274 g/mol. The summed E-state index contributed by atoms with van der Waals surface area (Å²) < 4.78 is 5.05. The van der Waals surface area contributed by atoms with Gasteiger partial charge < -0.3 is 9.64 Å². The van der Waals surface area contributed by atoms with Crippen LogP contribution in [0.5, 0.6) is 0 Å². The number of nitrogens with zero attached hydrogens (tertiary/aromatic N) is 1. The molecule has 1 amide bonds. The van der Waals surface area contributed by atoms with Gasteiger partial charge in [0.05, 0.1) is 12.5 Å². The van der Waals surface area contributed by atoms with Gasteiger partial charge in [0.1, 0.15) is 0 Å². The number of hydrogen-bond donors (Lipinski definition) is 0. The molecule has 0 aromatic rings. The minimum atomic E-state index is -0.0936. The van der Waals surface area contributed by atoms with E-state index in [1.807, 2.05) is 23.6 Å². The number of ether oxygens (including phenoxy) is 1. The number of rotatable bonds is 4. The first kappa shape index (κ1) is 15.7. The van der Waals surface area contributed by atoms with Crippen LogP contribution in [0.25, 0.3) is 0 Å². The maximum Gasteiger partial charge on any atom is 0.309 e. The molecule has 0 aliphatic carbocycles. The zero-order valence-electron chi connectivity index (χ0n) is 12.3. The van der Waals surface area contributed by atoms with E-state index in [-0.39, 0.29) is 17.8 Å². The quantitative estimate of drug-likeness (QED) is 0.748. The number of carbonyl (C=O) groups is 2. The molecule has 0 N–H and O–H groups in total. The van der Waals surface area contributed by atoms with Gasteiger partial charge in [-0.3, -0.25) is 9.59 Å². The molecule has 2 rings (SSSR count). The van der Waals surface area contributed by atoms with Crippen molar-refractivity contribution in [2.45, 2.75) is 39.0 Å². The number of amides is 1. The molecule has 0 aromatic heterocycles. The van der Waals surface area contributed by atoms with Crippen LogP contribution in [0.2, 0.25) is 0 Å². The Bertz CT molecular complexity index is 334. The first-order chi connectivity index (χ1) is 9.70. The number of likely N-dealkylation sites (tertiary alicyclic amines) is 1. The Hall–Kier alpha value is -0.710. The van der Waals surface area contributed by atoms with E-state index in [1.165, 1.54) is 24.3 Å². The van der Waals surface area contributed by atoms with Crippen molar-refractivity contribution in [2.24, 2.45) is 11.8 Å². The lowest BCUT2D eigenvalue weighted by Crippen LogP contribution is -2.41. The van der Waals surface area contributed by atoms with Crippen LogP contribution in [0.4, 0.5) is 0 Å². The minimum absolute atomic E-state index is 0.00918. The Morgan fingerprint density at radius 2 is 1.80 bits per heavy atom. The normalized spacial score (nSPS) is 21.8. The van der Waals surface area contributed by atoms with Gasteiger partial charge in [-0.1, -0.05) is 0 Å². The third kappa shape index (κ3) is 4.40. The second-order valence-corrected chi connectivity index (χ2v) is 6.89. The van der Waals surface area contributed by atoms with Crippen molar-refractivity contribution < 1.29 is 14.3 Å². The molecule has 0 radical (unpaired) electrons. The van der Waals surface area contributed by atoms with Gasteiger partial charge in [0, 0.05) is 19.5 Å². The second-order valence-electron chi connectivity index (χ2n) is 5.67. The van der Waals surface area contributed by atoms with Gasteiger partial charge in [0.25, 0.3) is 0 Å². The highest BCUT2D eigenvalue weighted by molar-refractivity contribution is 7.99. The van der Waals surface area contributed by atoms with Crippen molar-refractivity contribution in [3.8, 4) is 0 Å². The van der Waals surface area contributed by atoms with E-state index in [0.717, 1.165) is 12.8 Å². The molecule has 2 heterocycles. The van der Waals surface area contributed by atoms with E-state index < -0.39 is 0 Å². The SMILES string of the molecule is CCOC(=O)C1CCN(C(=O)CC2CCSCC2)CC1. The molecule has 2 saturated heterocycles. The van der Waals surface area contributed by atoms with Crippen molar-refractivity contribution >= 4 is 23.6 Å². The van der Waals surface area contributed by atoms with E-state index in [0.29, 0.717) is 32.0 Å². The lowest BCUT2D eigenvalue weighted by atomic mass is 9.94. The summed E-state index contributed by atoms with van der Waals surface area (Å²) in [5.41, 5.74) is 0.